The van der Waals surface area contributed by atoms with Gasteiger partial charge in [-0.2, -0.15) is 0 Å². The van der Waals surface area contributed by atoms with Crippen molar-refractivity contribution < 1.29 is 4.55 Å². The number of aromatic nitrogens is 1. The molecule has 0 spiro atoms. The lowest BCUT2D eigenvalue weighted by Gasteiger charge is -2.17. The van der Waals surface area contributed by atoms with Crippen molar-refractivity contribution in [3.63, 3.8) is 0 Å². The molecule has 1 aromatic heterocycles. The van der Waals surface area contributed by atoms with E-state index in [4.69, 9.17) is 0 Å². The average Bonchev–Trinajstić information content (AvgIpc) is 2.39. The van der Waals surface area contributed by atoms with E-state index in [2.05, 4.69) is 4.40 Å². The summed E-state index contributed by atoms with van der Waals surface area (Å²) in [7, 11) is 1.72. The number of nitrogens with zero attached hydrogens (tertiary/aromatic N) is 2. The predicted octanol–water partition coefficient (Wildman–Crippen LogP) is 2.42. The Balaban J connectivity index is 2.49. The van der Waals surface area contributed by atoms with Gasteiger partial charge in [0.05, 0.1) is 6.21 Å². The minimum absolute atomic E-state index is 0.0466. The van der Waals surface area contributed by atoms with Gasteiger partial charge in [0, 0.05) is 24.2 Å². The van der Waals surface area contributed by atoms with Gasteiger partial charge in [-0.1, -0.05) is 16.5 Å². The molecule has 5 heteroatoms. The first-order valence-corrected chi connectivity index (χ1v) is 7.46. The van der Waals surface area contributed by atoms with E-state index in [-0.39, 0.29) is 5.56 Å². The Hall–Kier alpha value is -1.59. The highest BCUT2D eigenvalue weighted by molar-refractivity contribution is 7.91. The SMILES string of the molecule is Cn1ccc2c(/C=N/[S@+]([O-])C(C)(C)C)cccc2c1=O. The van der Waals surface area contributed by atoms with Crippen molar-refractivity contribution in [2.24, 2.45) is 11.4 Å². The lowest BCUT2D eigenvalue weighted by Crippen LogP contribution is -2.25. The number of hydrogen-bond donors (Lipinski definition) is 0. The molecule has 2 aromatic rings. The van der Waals surface area contributed by atoms with Crippen molar-refractivity contribution in [2.75, 3.05) is 0 Å². The number of pyridine rings is 1. The standard InChI is InChI=1S/C15H18N2O2S/c1-15(2,3)20(19)16-10-11-6-5-7-13-12(11)8-9-17(4)14(13)18/h5-10H,1-4H3/b16-10+/t20-/m1/s1. The van der Waals surface area contributed by atoms with E-state index in [1.807, 2.05) is 39.0 Å². The van der Waals surface area contributed by atoms with Gasteiger partial charge < -0.3 is 9.12 Å². The third-order valence-corrected chi connectivity index (χ3v) is 4.31. The smallest absolute Gasteiger partial charge is 0.258 e. The lowest BCUT2D eigenvalue weighted by molar-refractivity contribution is 0.562. The third-order valence-electron chi connectivity index (χ3n) is 2.97. The van der Waals surface area contributed by atoms with Gasteiger partial charge >= 0.3 is 0 Å². The van der Waals surface area contributed by atoms with Crippen LogP contribution in [0, 0.1) is 0 Å². The molecule has 0 saturated heterocycles. The minimum atomic E-state index is -1.30. The van der Waals surface area contributed by atoms with E-state index in [0.717, 1.165) is 10.9 Å². The van der Waals surface area contributed by atoms with Crippen molar-refractivity contribution in [1.29, 1.82) is 0 Å². The summed E-state index contributed by atoms with van der Waals surface area (Å²) in [5.41, 5.74) is 0.757. The van der Waals surface area contributed by atoms with E-state index in [1.165, 1.54) is 4.57 Å². The van der Waals surface area contributed by atoms with Crippen LogP contribution in [0.2, 0.25) is 0 Å². The van der Waals surface area contributed by atoms with Crippen molar-refractivity contribution >= 4 is 28.3 Å². The molecule has 0 aliphatic carbocycles. The quantitative estimate of drug-likeness (QED) is 0.630. The molecule has 0 radical (unpaired) electrons. The van der Waals surface area contributed by atoms with Crippen LogP contribution in [0.3, 0.4) is 0 Å². The summed E-state index contributed by atoms with van der Waals surface area (Å²) in [6.45, 7) is 5.62. The highest BCUT2D eigenvalue weighted by Gasteiger charge is 2.25. The number of hydrogen-bond acceptors (Lipinski definition) is 3. The fraction of sp³-hybridized carbons (Fsp3) is 0.333. The summed E-state index contributed by atoms with van der Waals surface area (Å²) in [4.78, 5) is 12.0. The van der Waals surface area contributed by atoms with Crippen molar-refractivity contribution in [3.8, 4) is 0 Å². The Morgan fingerprint density at radius 3 is 2.60 bits per heavy atom. The monoisotopic (exact) mass is 290 g/mol. The molecule has 0 saturated carbocycles. The molecule has 0 aliphatic rings. The number of benzene rings is 1. The Bertz CT molecular complexity index is 714. The molecule has 0 aliphatic heterocycles. The Morgan fingerprint density at radius 2 is 1.95 bits per heavy atom. The normalized spacial score (nSPS) is 14.1. The van der Waals surface area contributed by atoms with Crippen LogP contribution in [0.15, 0.2) is 39.7 Å². The second-order valence-electron chi connectivity index (χ2n) is 5.64. The summed E-state index contributed by atoms with van der Waals surface area (Å²) in [6.07, 6.45) is 3.31. The zero-order valence-corrected chi connectivity index (χ0v) is 12.9. The van der Waals surface area contributed by atoms with Crippen LogP contribution < -0.4 is 5.56 Å². The van der Waals surface area contributed by atoms with Gasteiger partial charge in [-0.15, -0.1) is 0 Å². The van der Waals surface area contributed by atoms with E-state index in [1.54, 1.807) is 25.5 Å². The first kappa shape index (κ1) is 14.8. The van der Waals surface area contributed by atoms with Crippen molar-refractivity contribution in [3.05, 3.63) is 46.4 Å². The molecule has 0 N–H and O–H groups in total. The van der Waals surface area contributed by atoms with Gasteiger partial charge in [0.1, 0.15) is 16.1 Å². The van der Waals surface area contributed by atoms with Gasteiger partial charge in [-0.05, 0) is 38.3 Å². The molecule has 0 unspecified atom stereocenters. The number of fused-ring (bicyclic) bond motifs is 1. The maximum atomic E-state index is 12.0. The zero-order chi connectivity index (χ0) is 14.9. The van der Waals surface area contributed by atoms with Crippen molar-refractivity contribution in [2.45, 2.75) is 25.5 Å². The van der Waals surface area contributed by atoms with Gasteiger partial charge in [-0.25, -0.2) is 0 Å². The van der Waals surface area contributed by atoms with Gasteiger partial charge in [-0.3, -0.25) is 4.79 Å². The molecular formula is C15H18N2O2S. The van der Waals surface area contributed by atoms with E-state index in [0.29, 0.717) is 5.39 Å². The topological polar surface area (TPSA) is 57.4 Å². The van der Waals surface area contributed by atoms with E-state index < -0.39 is 16.1 Å². The molecule has 0 bridgehead atoms. The minimum Gasteiger partial charge on any atom is -0.591 e. The molecule has 0 fully saturated rings. The fourth-order valence-electron chi connectivity index (χ4n) is 1.77. The number of rotatable bonds is 2. The maximum Gasteiger partial charge on any atom is 0.258 e. The molecule has 1 heterocycles. The van der Waals surface area contributed by atoms with E-state index >= 15 is 0 Å². The summed E-state index contributed by atoms with van der Waals surface area (Å²) in [5, 5.41) is 1.46. The highest BCUT2D eigenvalue weighted by Crippen LogP contribution is 2.18. The summed E-state index contributed by atoms with van der Waals surface area (Å²) < 4.78 is 17.2. The van der Waals surface area contributed by atoms with Crippen LogP contribution >= 0.6 is 0 Å². The van der Waals surface area contributed by atoms with Crippen LogP contribution in [0.25, 0.3) is 10.8 Å². The van der Waals surface area contributed by atoms with E-state index in [9.17, 15) is 9.35 Å². The first-order chi connectivity index (χ1) is 9.30. The molecule has 2 rings (SSSR count). The molecule has 106 valence electrons. The Morgan fingerprint density at radius 1 is 1.25 bits per heavy atom. The molecule has 0 amide bonds. The summed E-state index contributed by atoms with van der Waals surface area (Å²) in [5.74, 6) is 0. The largest absolute Gasteiger partial charge is 0.591 e. The molecule has 4 nitrogen and oxygen atoms in total. The Kier molecular flexibility index (Phi) is 4.01. The second kappa shape index (κ2) is 5.42. The van der Waals surface area contributed by atoms with Crippen LogP contribution in [-0.2, 0) is 18.4 Å². The summed E-state index contributed by atoms with van der Waals surface area (Å²) in [6, 6.07) is 7.34. The van der Waals surface area contributed by atoms with Crippen LogP contribution in [0.1, 0.15) is 26.3 Å². The average molecular weight is 290 g/mol. The van der Waals surface area contributed by atoms with Gasteiger partial charge in [0.25, 0.3) is 5.56 Å². The van der Waals surface area contributed by atoms with Gasteiger partial charge in [0.15, 0.2) is 0 Å². The molecule has 1 aromatic carbocycles. The molecule has 1 atom stereocenters. The summed E-state index contributed by atoms with van der Waals surface area (Å²) >= 11 is -1.30. The predicted molar refractivity (Wildman–Crippen MR) is 84.7 cm³/mol. The van der Waals surface area contributed by atoms with Crippen LogP contribution in [0.5, 0.6) is 0 Å². The highest BCUT2D eigenvalue weighted by atomic mass is 32.2. The third kappa shape index (κ3) is 2.94. The second-order valence-corrected chi connectivity index (χ2v) is 7.57. The van der Waals surface area contributed by atoms with Crippen LogP contribution in [-0.4, -0.2) is 20.1 Å². The van der Waals surface area contributed by atoms with Crippen molar-refractivity contribution in [1.82, 2.24) is 4.57 Å². The first-order valence-electron chi connectivity index (χ1n) is 6.35. The molecular weight excluding hydrogens is 272 g/mol. The zero-order valence-electron chi connectivity index (χ0n) is 12.1. The van der Waals surface area contributed by atoms with Crippen LogP contribution in [0.4, 0.5) is 0 Å². The van der Waals surface area contributed by atoms with Gasteiger partial charge in [0.2, 0.25) is 0 Å². The lowest BCUT2D eigenvalue weighted by atomic mass is 10.1. The molecule has 20 heavy (non-hydrogen) atoms. The maximum absolute atomic E-state index is 12.0. The fourth-order valence-corrected chi connectivity index (χ4v) is 2.30. The number of aryl methyl sites for hydroxylation is 1. The Labute approximate surface area is 121 Å².